The molecule has 0 aliphatic carbocycles. The number of phenolic OH excluding ortho intramolecular Hbond substituents is 2. The number of rotatable bonds is 5. The van der Waals surface area contributed by atoms with Gasteiger partial charge < -0.3 is 25.2 Å². The van der Waals surface area contributed by atoms with Gasteiger partial charge in [0, 0.05) is 19.3 Å². The number of hydrogen-bond donors (Lipinski definition) is 3. The van der Waals surface area contributed by atoms with Crippen LogP contribution in [0.25, 0.3) is 11.4 Å². The largest absolute Gasteiger partial charge is 0.504 e. The van der Waals surface area contributed by atoms with Crippen molar-refractivity contribution in [1.29, 1.82) is 0 Å². The van der Waals surface area contributed by atoms with Crippen LogP contribution in [-0.2, 0) is 4.74 Å². The van der Waals surface area contributed by atoms with Gasteiger partial charge in [-0.05, 0) is 24.6 Å². The van der Waals surface area contributed by atoms with Crippen LogP contribution >= 0.6 is 0 Å². The highest BCUT2D eigenvalue weighted by Gasteiger charge is 2.16. The van der Waals surface area contributed by atoms with E-state index in [0.29, 0.717) is 30.3 Å². The normalized spacial score (nSPS) is 12.5. The molecule has 0 fully saturated rings. The van der Waals surface area contributed by atoms with Crippen molar-refractivity contribution in [2.45, 2.75) is 12.5 Å². The standard InChI is InChI=1S/C12H15N3O4/c1-18-5-4-8(13)12-14-11(15-19-12)7-2-3-9(16)10(17)6-7/h2-3,6,8,16-17H,4-5,13H2,1H3. The first-order valence-electron chi connectivity index (χ1n) is 5.72. The van der Waals surface area contributed by atoms with Gasteiger partial charge in [0.2, 0.25) is 11.7 Å². The van der Waals surface area contributed by atoms with Crippen LogP contribution in [0.15, 0.2) is 22.7 Å². The Morgan fingerprint density at radius 1 is 1.37 bits per heavy atom. The second kappa shape index (κ2) is 5.68. The van der Waals surface area contributed by atoms with E-state index in [1.807, 2.05) is 0 Å². The molecule has 0 bridgehead atoms. The summed E-state index contributed by atoms with van der Waals surface area (Å²) in [6.45, 7) is 0.499. The summed E-state index contributed by atoms with van der Waals surface area (Å²) >= 11 is 0. The summed E-state index contributed by atoms with van der Waals surface area (Å²) in [4.78, 5) is 4.15. The molecule has 0 saturated heterocycles. The summed E-state index contributed by atoms with van der Waals surface area (Å²) < 4.78 is 9.99. The molecule has 2 aromatic rings. The molecule has 0 amide bonds. The van der Waals surface area contributed by atoms with Crippen LogP contribution in [0, 0.1) is 0 Å². The summed E-state index contributed by atoms with van der Waals surface area (Å²) in [5.41, 5.74) is 6.39. The van der Waals surface area contributed by atoms with Crippen molar-refractivity contribution in [2.75, 3.05) is 13.7 Å². The second-order valence-electron chi connectivity index (χ2n) is 4.05. The maximum atomic E-state index is 9.42. The molecule has 1 heterocycles. The number of ether oxygens (including phenoxy) is 1. The van der Waals surface area contributed by atoms with Crippen LogP contribution < -0.4 is 5.73 Å². The molecular formula is C12H15N3O4. The van der Waals surface area contributed by atoms with Crippen molar-refractivity contribution in [3.63, 3.8) is 0 Å². The molecule has 0 saturated carbocycles. The van der Waals surface area contributed by atoms with E-state index >= 15 is 0 Å². The molecule has 0 spiro atoms. The van der Waals surface area contributed by atoms with E-state index in [-0.39, 0.29) is 11.5 Å². The smallest absolute Gasteiger partial charge is 0.243 e. The van der Waals surface area contributed by atoms with Gasteiger partial charge in [-0.3, -0.25) is 0 Å². The fourth-order valence-corrected chi connectivity index (χ4v) is 1.53. The Balaban J connectivity index is 2.18. The van der Waals surface area contributed by atoms with Gasteiger partial charge in [0.1, 0.15) is 0 Å². The summed E-state index contributed by atoms with van der Waals surface area (Å²) in [5.74, 6) is 0.162. The van der Waals surface area contributed by atoms with E-state index in [2.05, 4.69) is 10.1 Å². The number of benzene rings is 1. The van der Waals surface area contributed by atoms with Crippen LogP contribution in [0.3, 0.4) is 0 Å². The lowest BCUT2D eigenvalue weighted by Gasteiger charge is -2.04. The van der Waals surface area contributed by atoms with Crippen molar-refractivity contribution < 1.29 is 19.5 Å². The molecule has 1 atom stereocenters. The molecule has 0 aliphatic heterocycles. The molecule has 7 heteroatoms. The van der Waals surface area contributed by atoms with Gasteiger partial charge in [0.15, 0.2) is 11.5 Å². The molecule has 7 nitrogen and oxygen atoms in total. The number of methoxy groups -OCH3 is 1. The molecule has 2 rings (SSSR count). The topological polar surface area (TPSA) is 115 Å². The number of hydrogen-bond acceptors (Lipinski definition) is 7. The van der Waals surface area contributed by atoms with Crippen molar-refractivity contribution in [3.8, 4) is 22.9 Å². The average Bonchev–Trinajstić information content (AvgIpc) is 2.89. The van der Waals surface area contributed by atoms with Gasteiger partial charge >= 0.3 is 0 Å². The van der Waals surface area contributed by atoms with E-state index in [9.17, 15) is 10.2 Å². The number of phenols is 2. The number of nitrogens with two attached hydrogens (primary N) is 1. The first kappa shape index (κ1) is 13.3. The van der Waals surface area contributed by atoms with Gasteiger partial charge in [0.05, 0.1) is 6.04 Å². The van der Waals surface area contributed by atoms with E-state index in [0.717, 1.165) is 0 Å². The highest BCUT2D eigenvalue weighted by atomic mass is 16.5. The fraction of sp³-hybridized carbons (Fsp3) is 0.333. The Labute approximate surface area is 109 Å². The van der Waals surface area contributed by atoms with Crippen LogP contribution in [-0.4, -0.2) is 34.1 Å². The Hall–Kier alpha value is -2.12. The predicted molar refractivity (Wildman–Crippen MR) is 66.5 cm³/mol. The number of aromatic hydroxyl groups is 2. The Morgan fingerprint density at radius 2 is 2.16 bits per heavy atom. The SMILES string of the molecule is COCCC(N)c1nc(-c2ccc(O)c(O)c2)no1. The molecule has 0 aliphatic rings. The fourth-order valence-electron chi connectivity index (χ4n) is 1.53. The number of aromatic nitrogens is 2. The van der Waals surface area contributed by atoms with E-state index in [1.165, 1.54) is 12.1 Å². The van der Waals surface area contributed by atoms with Crippen molar-refractivity contribution in [2.24, 2.45) is 5.73 Å². The van der Waals surface area contributed by atoms with E-state index < -0.39 is 6.04 Å². The molecule has 1 aromatic heterocycles. The Bertz CT molecular complexity index is 556. The van der Waals surface area contributed by atoms with E-state index in [1.54, 1.807) is 13.2 Å². The van der Waals surface area contributed by atoms with Crippen LogP contribution in [0.1, 0.15) is 18.4 Å². The van der Waals surface area contributed by atoms with Crippen molar-refractivity contribution in [1.82, 2.24) is 10.1 Å². The lowest BCUT2D eigenvalue weighted by atomic mass is 10.2. The molecule has 1 unspecified atom stereocenters. The van der Waals surface area contributed by atoms with Crippen molar-refractivity contribution >= 4 is 0 Å². The lowest BCUT2D eigenvalue weighted by molar-refractivity contribution is 0.182. The Kier molecular flexibility index (Phi) is 3.98. The third-order valence-corrected chi connectivity index (χ3v) is 2.63. The summed E-state index contributed by atoms with van der Waals surface area (Å²) in [5, 5.41) is 22.4. The van der Waals surface area contributed by atoms with E-state index in [4.69, 9.17) is 15.0 Å². The maximum absolute atomic E-state index is 9.42. The average molecular weight is 265 g/mol. The molecular weight excluding hydrogens is 250 g/mol. The van der Waals surface area contributed by atoms with Gasteiger partial charge in [-0.2, -0.15) is 4.98 Å². The first-order chi connectivity index (χ1) is 9.11. The predicted octanol–water partition coefficient (Wildman–Crippen LogP) is 1.18. The quantitative estimate of drug-likeness (QED) is 0.695. The summed E-state index contributed by atoms with van der Waals surface area (Å²) in [6, 6.07) is 3.88. The number of nitrogens with zero attached hydrogens (tertiary/aromatic N) is 2. The molecule has 102 valence electrons. The molecule has 4 N–H and O–H groups in total. The first-order valence-corrected chi connectivity index (χ1v) is 5.72. The zero-order valence-corrected chi connectivity index (χ0v) is 10.4. The zero-order chi connectivity index (χ0) is 13.8. The monoisotopic (exact) mass is 265 g/mol. The summed E-state index contributed by atoms with van der Waals surface area (Å²) in [7, 11) is 1.59. The Morgan fingerprint density at radius 3 is 2.84 bits per heavy atom. The van der Waals surface area contributed by atoms with Gasteiger partial charge in [-0.15, -0.1) is 0 Å². The molecule has 1 aromatic carbocycles. The third-order valence-electron chi connectivity index (χ3n) is 2.63. The highest BCUT2D eigenvalue weighted by molar-refractivity contribution is 5.59. The van der Waals surface area contributed by atoms with Crippen molar-refractivity contribution in [3.05, 3.63) is 24.1 Å². The van der Waals surface area contributed by atoms with Crippen LogP contribution in [0.2, 0.25) is 0 Å². The molecule has 0 radical (unpaired) electrons. The van der Waals surface area contributed by atoms with Crippen LogP contribution in [0.5, 0.6) is 11.5 Å². The van der Waals surface area contributed by atoms with Crippen LogP contribution in [0.4, 0.5) is 0 Å². The minimum Gasteiger partial charge on any atom is -0.504 e. The highest BCUT2D eigenvalue weighted by Crippen LogP contribution is 2.29. The second-order valence-corrected chi connectivity index (χ2v) is 4.05. The third kappa shape index (κ3) is 3.01. The minimum atomic E-state index is -0.396. The minimum absolute atomic E-state index is 0.204. The molecule has 19 heavy (non-hydrogen) atoms. The lowest BCUT2D eigenvalue weighted by Crippen LogP contribution is -2.12. The van der Waals surface area contributed by atoms with Gasteiger partial charge in [0.25, 0.3) is 0 Å². The zero-order valence-electron chi connectivity index (χ0n) is 10.4. The van der Waals surface area contributed by atoms with Gasteiger partial charge in [-0.25, -0.2) is 0 Å². The summed E-state index contributed by atoms with van der Waals surface area (Å²) in [6.07, 6.45) is 0.568. The van der Waals surface area contributed by atoms with Gasteiger partial charge in [-0.1, -0.05) is 5.16 Å². The maximum Gasteiger partial charge on any atom is 0.243 e.